The van der Waals surface area contributed by atoms with Gasteiger partial charge in [0.1, 0.15) is 0 Å². The fourth-order valence-corrected chi connectivity index (χ4v) is 1.81. The average molecular weight is 284 g/mol. The standard InChI is InChI=1S/C11H10BrNO3/c1-3-4-5-16-11-8(2)6-9(12)7-10(11)13(14)15/h1,6-7H,4-5H2,2H3. The number of rotatable bonds is 4. The highest BCUT2D eigenvalue weighted by atomic mass is 79.9. The van der Waals surface area contributed by atoms with E-state index in [4.69, 9.17) is 11.2 Å². The van der Waals surface area contributed by atoms with E-state index in [1.807, 2.05) is 0 Å². The average Bonchev–Trinajstić information content (AvgIpc) is 2.20. The maximum absolute atomic E-state index is 10.8. The summed E-state index contributed by atoms with van der Waals surface area (Å²) in [6.07, 6.45) is 5.50. The van der Waals surface area contributed by atoms with E-state index in [0.717, 1.165) is 0 Å². The summed E-state index contributed by atoms with van der Waals surface area (Å²) >= 11 is 3.20. The molecule has 0 saturated carbocycles. The smallest absolute Gasteiger partial charge is 0.312 e. The van der Waals surface area contributed by atoms with Gasteiger partial charge in [-0.3, -0.25) is 10.1 Å². The number of aryl methyl sites for hydroxylation is 1. The largest absolute Gasteiger partial charge is 0.486 e. The zero-order valence-corrected chi connectivity index (χ0v) is 10.3. The molecular formula is C11H10BrNO3. The molecule has 0 heterocycles. The topological polar surface area (TPSA) is 52.4 Å². The summed E-state index contributed by atoms with van der Waals surface area (Å²) in [5.41, 5.74) is 0.655. The second kappa shape index (κ2) is 5.52. The predicted octanol–water partition coefficient (Wildman–Crippen LogP) is 3.07. The van der Waals surface area contributed by atoms with E-state index in [0.29, 0.717) is 16.5 Å². The fourth-order valence-electron chi connectivity index (χ4n) is 1.25. The van der Waals surface area contributed by atoms with E-state index in [1.165, 1.54) is 6.07 Å². The first-order valence-corrected chi connectivity index (χ1v) is 5.36. The monoisotopic (exact) mass is 283 g/mol. The minimum atomic E-state index is -0.469. The lowest BCUT2D eigenvalue weighted by Crippen LogP contribution is -2.01. The van der Waals surface area contributed by atoms with Crippen molar-refractivity contribution >= 4 is 21.6 Å². The molecule has 0 unspecified atom stereocenters. The summed E-state index contributed by atoms with van der Waals surface area (Å²) in [6, 6.07) is 3.18. The predicted molar refractivity (Wildman–Crippen MR) is 64.5 cm³/mol. The van der Waals surface area contributed by atoms with Crippen LogP contribution in [-0.4, -0.2) is 11.5 Å². The SMILES string of the molecule is C#CCCOc1c(C)cc(Br)cc1[N+](=O)[O-]. The van der Waals surface area contributed by atoms with Crippen molar-refractivity contribution < 1.29 is 9.66 Å². The third kappa shape index (κ3) is 2.97. The molecule has 1 aromatic carbocycles. The van der Waals surface area contributed by atoms with Gasteiger partial charge in [0.2, 0.25) is 0 Å². The second-order valence-corrected chi connectivity index (χ2v) is 4.05. The van der Waals surface area contributed by atoms with Crippen molar-refractivity contribution in [2.45, 2.75) is 13.3 Å². The molecule has 0 fully saturated rings. The first-order valence-electron chi connectivity index (χ1n) is 4.57. The van der Waals surface area contributed by atoms with E-state index in [-0.39, 0.29) is 18.0 Å². The molecule has 1 aromatic rings. The van der Waals surface area contributed by atoms with Crippen LogP contribution in [0.25, 0.3) is 0 Å². The van der Waals surface area contributed by atoms with E-state index < -0.39 is 4.92 Å². The Bertz CT molecular complexity index is 451. The highest BCUT2D eigenvalue weighted by Gasteiger charge is 2.18. The summed E-state index contributed by atoms with van der Waals surface area (Å²) in [6.45, 7) is 2.03. The molecule has 0 aliphatic heterocycles. The van der Waals surface area contributed by atoms with Crippen LogP contribution in [0.3, 0.4) is 0 Å². The van der Waals surface area contributed by atoms with Crippen LogP contribution in [0.2, 0.25) is 0 Å². The molecule has 4 nitrogen and oxygen atoms in total. The van der Waals surface area contributed by atoms with Gasteiger partial charge >= 0.3 is 5.69 Å². The normalized spacial score (nSPS) is 9.56. The van der Waals surface area contributed by atoms with E-state index in [1.54, 1.807) is 13.0 Å². The molecule has 0 amide bonds. The number of halogens is 1. The van der Waals surface area contributed by atoms with Crippen molar-refractivity contribution in [1.29, 1.82) is 0 Å². The molecule has 16 heavy (non-hydrogen) atoms. The number of nitrogens with zero attached hydrogens (tertiary/aromatic N) is 1. The first kappa shape index (κ1) is 12.5. The van der Waals surface area contributed by atoms with Crippen molar-refractivity contribution in [2.75, 3.05) is 6.61 Å². The Labute approximate surface area is 102 Å². The quantitative estimate of drug-likeness (QED) is 0.369. The van der Waals surface area contributed by atoms with Crippen LogP contribution in [-0.2, 0) is 0 Å². The zero-order valence-electron chi connectivity index (χ0n) is 8.70. The summed E-state index contributed by atoms with van der Waals surface area (Å²) in [4.78, 5) is 10.4. The fraction of sp³-hybridized carbons (Fsp3) is 0.273. The Morgan fingerprint density at radius 2 is 2.31 bits per heavy atom. The molecule has 1 rings (SSSR count). The summed E-state index contributed by atoms with van der Waals surface area (Å²) in [5, 5.41) is 10.8. The maximum atomic E-state index is 10.8. The van der Waals surface area contributed by atoms with E-state index in [9.17, 15) is 10.1 Å². The number of hydrogen-bond acceptors (Lipinski definition) is 3. The Balaban J connectivity index is 3.05. The van der Waals surface area contributed by atoms with Gasteiger partial charge in [-0.1, -0.05) is 15.9 Å². The first-order chi connectivity index (χ1) is 7.56. The second-order valence-electron chi connectivity index (χ2n) is 3.13. The van der Waals surface area contributed by atoms with Crippen LogP contribution < -0.4 is 4.74 Å². The molecular weight excluding hydrogens is 274 g/mol. The van der Waals surface area contributed by atoms with Crippen molar-refractivity contribution in [2.24, 2.45) is 0 Å². The number of nitro groups is 1. The molecule has 0 spiro atoms. The Kier molecular flexibility index (Phi) is 4.32. The maximum Gasteiger partial charge on any atom is 0.312 e. The van der Waals surface area contributed by atoms with Gasteiger partial charge < -0.3 is 4.74 Å². The Morgan fingerprint density at radius 3 is 2.88 bits per heavy atom. The van der Waals surface area contributed by atoms with Crippen LogP contribution in [0.1, 0.15) is 12.0 Å². The van der Waals surface area contributed by atoms with E-state index >= 15 is 0 Å². The van der Waals surface area contributed by atoms with Crippen LogP contribution in [0.4, 0.5) is 5.69 Å². The molecule has 0 atom stereocenters. The third-order valence-electron chi connectivity index (χ3n) is 1.91. The lowest BCUT2D eigenvalue weighted by atomic mass is 10.2. The summed E-state index contributed by atoms with van der Waals surface area (Å²) in [5.74, 6) is 2.69. The van der Waals surface area contributed by atoms with Gasteiger partial charge in [-0.25, -0.2) is 0 Å². The van der Waals surface area contributed by atoms with Crippen LogP contribution in [0, 0.1) is 29.4 Å². The number of ether oxygens (including phenoxy) is 1. The van der Waals surface area contributed by atoms with Gasteiger partial charge in [-0.05, 0) is 18.6 Å². The summed E-state index contributed by atoms with van der Waals surface area (Å²) in [7, 11) is 0. The highest BCUT2D eigenvalue weighted by Crippen LogP contribution is 2.34. The van der Waals surface area contributed by atoms with Crippen molar-refractivity contribution in [3.63, 3.8) is 0 Å². The van der Waals surface area contributed by atoms with Gasteiger partial charge in [-0.2, -0.15) is 0 Å². The third-order valence-corrected chi connectivity index (χ3v) is 2.37. The van der Waals surface area contributed by atoms with Crippen LogP contribution in [0.15, 0.2) is 16.6 Å². The molecule has 84 valence electrons. The minimum Gasteiger partial charge on any atom is -0.486 e. The van der Waals surface area contributed by atoms with Gasteiger partial charge in [-0.15, -0.1) is 12.3 Å². The van der Waals surface area contributed by atoms with E-state index in [2.05, 4.69) is 21.9 Å². The summed E-state index contributed by atoms with van der Waals surface area (Å²) < 4.78 is 5.97. The van der Waals surface area contributed by atoms with Crippen LogP contribution in [0.5, 0.6) is 5.75 Å². The number of benzene rings is 1. The highest BCUT2D eigenvalue weighted by molar-refractivity contribution is 9.10. The van der Waals surface area contributed by atoms with Crippen molar-refractivity contribution in [3.8, 4) is 18.1 Å². The number of terminal acetylenes is 1. The van der Waals surface area contributed by atoms with Gasteiger partial charge in [0, 0.05) is 17.0 Å². The van der Waals surface area contributed by atoms with Gasteiger partial charge in [0.15, 0.2) is 5.75 Å². The lowest BCUT2D eigenvalue weighted by molar-refractivity contribution is -0.386. The van der Waals surface area contributed by atoms with Crippen molar-refractivity contribution in [3.05, 3.63) is 32.3 Å². The minimum absolute atomic E-state index is 0.0519. The molecule has 0 radical (unpaired) electrons. The Morgan fingerprint density at radius 1 is 1.62 bits per heavy atom. The Hall–Kier alpha value is -1.54. The van der Waals surface area contributed by atoms with Crippen LogP contribution >= 0.6 is 15.9 Å². The zero-order chi connectivity index (χ0) is 12.1. The lowest BCUT2D eigenvalue weighted by Gasteiger charge is -2.08. The van der Waals surface area contributed by atoms with Crippen molar-refractivity contribution in [1.82, 2.24) is 0 Å². The molecule has 5 heteroatoms. The molecule has 0 aliphatic rings. The number of hydrogen-bond donors (Lipinski definition) is 0. The number of nitro benzene ring substituents is 1. The van der Waals surface area contributed by atoms with Gasteiger partial charge in [0.25, 0.3) is 0 Å². The van der Waals surface area contributed by atoms with Gasteiger partial charge in [0.05, 0.1) is 11.5 Å². The molecule has 0 saturated heterocycles. The molecule has 0 bridgehead atoms. The molecule has 0 aliphatic carbocycles. The molecule has 0 aromatic heterocycles. The molecule has 0 N–H and O–H groups in total.